The fraction of sp³-hybridized carbons (Fsp3) is 0.500. The van der Waals surface area contributed by atoms with E-state index in [2.05, 4.69) is 0 Å². The number of anilines is 1. The van der Waals surface area contributed by atoms with E-state index in [0.717, 1.165) is 11.3 Å². The Labute approximate surface area is 116 Å². The van der Waals surface area contributed by atoms with E-state index in [1.165, 1.54) is 25.7 Å². The van der Waals surface area contributed by atoms with Crippen LogP contribution in [0.4, 0.5) is 5.69 Å². The molecule has 2 rings (SSSR count). The van der Waals surface area contributed by atoms with Crippen molar-refractivity contribution in [3.05, 3.63) is 29.3 Å². The molecule has 1 amide bonds. The molecule has 1 aliphatic rings. The van der Waals surface area contributed by atoms with Crippen molar-refractivity contribution in [1.29, 1.82) is 0 Å². The Hall–Kier alpha value is -1.36. The second-order valence-corrected chi connectivity index (χ2v) is 6.68. The normalized spacial score (nSPS) is 17.5. The van der Waals surface area contributed by atoms with Crippen LogP contribution in [0.25, 0.3) is 0 Å². The van der Waals surface area contributed by atoms with Crippen LogP contribution in [0.15, 0.2) is 18.2 Å². The van der Waals surface area contributed by atoms with E-state index in [1.807, 2.05) is 0 Å². The van der Waals surface area contributed by atoms with Gasteiger partial charge < -0.3 is 11.5 Å². The summed E-state index contributed by atoms with van der Waals surface area (Å²) in [5.41, 5.74) is 12.8. The van der Waals surface area contributed by atoms with E-state index in [9.17, 15) is 9.00 Å². The van der Waals surface area contributed by atoms with E-state index in [4.69, 9.17) is 11.5 Å². The third-order valence-electron chi connectivity index (χ3n) is 3.64. The number of rotatable bonds is 5. The maximum atomic E-state index is 12.1. The molecule has 0 aromatic heterocycles. The minimum atomic E-state index is -0.885. The zero-order chi connectivity index (χ0) is 13.8. The fourth-order valence-electron chi connectivity index (χ4n) is 2.55. The Balaban J connectivity index is 1.98. The molecule has 4 N–H and O–H groups in total. The number of nitrogens with two attached hydrogens (primary N) is 2. The fourth-order valence-corrected chi connectivity index (χ4v) is 4.14. The molecular formula is C14H20N2O2S. The number of carbonyl (C=O) groups excluding carboxylic acids is 1. The number of primary amides is 1. The number of amides is 1. The number of carbonyl (C=O) groups is 1. The first-order valence-electron chi connectivity index (χ1n) is 6.59. The van der Waals surface area contributed by atoms with E-state index in [0.29, 0.717) is 22.9 Å². The molecule has 1 saturated carbocycles. The number of hydrogen-bond acceptors (Lipinski definition) is 3. The van der Waals surface area contributed by atoms with Gasteiger partial charge in [-0.3, -0.25) is 9.00 Å². The van der Waals surface area contributed by atoms with Gasteiger partial charge in [0, 0.05) is 27.8 Å². The van der Waals surface area contributed by atoms with Gasteiger partial charge in [-0.25, -0.2) is 0 Å². The average Bonchev–Trinajstić information content (AvgIpc) is 2.84. The van der Waals surface area contributed by atoms with Crippen molar-refractivity contribution in [2.24, 2.45) is 11.7 Å². The molecule has 1 unspecified atom stereocenters. The first-order chi connectivity index (χ1) is 9.06. The van der Waals surface area contributed by atoms with Crippen molar-refractivity contribution in [3.63, 3.8) is 0 Å². The van der Waals surface area contributed by atoms with Crippen LogP contribution in [0.5, 0.6) is 0 Å². The quantitative estimate of drug-likeness (QED) is 0.806. The summed E-state index contributed by atoms with van der Waals surface area (Å²) < 4.78 is 12.1. The molecule has 0 aliphatic heterocycles. The van der Waals surface area contributed by atoms with Crippen molar-refractivity contribution in [3.8, 4) is 0 Å². The van der Waals surface area contributed by atoms with Gasteiger partial charge in [0.15, 0.2) is 0 Å². The summed E-state index contributed by atoms with van der Waals surface area (Å²) in [6.07, 6.45) is 4.91. The molecule has 0 saturated heterocycles. The first kappa shape index (κ1) is 14.1. The van der Waals surface area contributed by atoms with Crippen LogP contribution in [0, 0.1) is 5.92 Å². The average molecular weight is 280 g/mol. The highest BCUT2D eigenvalue weighted by Gasteiger charge is 2.18. The summed E-state index contributed by atoms with van der Waals surface area (Å²) in [6, 6.07) is 4.95. The smallest absolute Gasteiger partial charge is 0.248 e. The summed E-state index contributed by atoms with van der Waals surface area (Å²) in [6.45, 7) is 0. The SMILES string of the molecule is NC(=O)c1ccc(CS(=O)CC2CCCC2)c(N)c1. The topological polar surface area (TPSA) is 86.2 Å². The molecular weight excluding hydrogens is 260 g/mol. The summed E-state index contributed by atoms with van der Waals surface area (Å²) in [5.74, 6) is 1.33. The third kappa shape index (κ3) is 3.80. The predicted octanol–water partition coefficient (Wildman–Crippen LogP) is 1.81. The second kappa shape index (κ2) is 6.19. The van der Waals surface area contributed by atoms with Crippen LogP contribution in [-0.2, 0) is 16.6 Å². The summed E-state index contributed by atoms with van der Waals surface area (Å²) in [5, 5.41) is 0. The summed E-state index contributed by atoms with van der Waals surface area (Å²) >= 11 is 0. The molecule has 0 radical (unpaired) electrons. The molecule has 1 aromatic carbocycles. The van der Waals surface area contributed by atoms with Crippen molar-refractivity contribution in [2.45, 2.75) is 31.4 Å². The van der Waals surface area contributed by atoms with Gasteiger partial charge in [0.2, 0.25) is 5.91 Å². The Morgan fingerprint density at radius 2 is 2.00 bits per heavy atom. The molecule has 104 valence electrons. The van der Waals surface area contributed by atoms with Gasteiger partial charge in [-0.15, -0.1) is 0 Å². The van der Waals surface area contributed by atoms with Gasteiger partial charge in [-0.1, -0.05) is 18.9 Å². The minimum absolute atomic E-state index is 0.392. The molecule has 1 aromatic rings. The maximum Gasteiger partial charge on any atom is 0.248 e. The Morgan fingerprint density at radius 1 is 1.32 bits per heavy atom. The van der Waals surface area contributed by atoms with Gasteiger partial charge in [0.05, 0.1) is 5.75 Å². The Kier molecular flexibility index (Phi) is 4.58. The van der Waals surface area contributed by atoms with Crippen LogP contribution in [0.1, 0.15) is 41.6 Å². The van der Waals surface area contributed by atoms with Gasteiger partial charge in [-0.05, 0) is 36.5 Å². The van der Waals surface area contributed by atoms with Crippen LogP contribution in [0.2, 0.25) is 0 Å². The molecule has 0 bridgehead atoms. The Morgan fingerprint density at radius 3 is 2.58 bits per heavy atom. The lowest BCUT2D eigenvalue weighted by Gasteiger charge is -2.10. The molecule has 0 spiro atoms. The van der Waals surface area contributed by atoms with Crippen LogP contribution >= 0.6 is 0 Å². The van der Waals surface area contributed by atoms with Crippen molar-refractivity contribution < 1.29 is 9.00 Å². The zero-order valence-corrected chi connectivity index (χ0v) is 11.7. The lowest BCUT2D eigenvalue weighted by molar-refractivity contribution is 0.100. The van der Waals surface area contributed by atoms with Crippen LogP contribution in [0.3, 0.4) is 0 Å². The summed E-state index contributed by atoms with van der Waals surface area (Å²) in [7, 11) is -0.885. The predicted molar refractivity (Wildman–Crippen MR) is 78.0 cm³/mol. The monoisotopic (exact) mass is 280 g/mol. The zero-order valence-electron chi connectivity index (χ0n) is 10.9. The van der Waals surface area contributed by atoms with Crippen molar-refractivity contribution >= 4 is 22.4 Å². The largest absolute Gasteiger partial charge is 0.398 e. The van der Waals surface area contributed by atoms with E-state index in [1.54, 1.807) is 18.2 Å². The Bertz CT molecular complexity index is 496. The van der Waals surface area contributed by atoms with Gasteiger partial charge >= 0.3 is 0 Å². The van der Waals surface area contributed by atoms with E-state index in [-0.39, 0.29) is 0 Å². The minimum Gasteiger partial charge on any atom is -0.398 e. The molecule has 1 aliphatic carbocycles. The molecule has 0 heterocycles. The third-order valence-corrected chi connectivity index (χ3v) is 5.12. The molecule has 1 fully saturated rings. The highest BCUT2D eigenvalue weighted by molar-refractivity contribution is 7.84. The highest BCUT2D eigenvalue weighted by atomic mass is 32.2. The summed E-state index contributed by atoms with van der Waals surface area (Å²) in [4.78, 5) is 11.0. The van der Waals surface area contributed by atoms with Crippen LogP contribution in [-0.4, -0.2) is 15.9 Å². The van der Waals surface area contributed by atoms with E-state index < -0.39 is 16.7 Å². The molecule has 1 atom stereocenters. The maximum absolute atomic E-state index is 12.1. The first-order valence-corrected chi connectivity index (χ1v) is 8.08. The number of hydrogen-bond donors (Lipinski definition) is 2. The standard InChI is InChI=1S/C14H20N2O2S/c15-13-7-11(14(16)17)5-6-12(13)9-19(18)8-10-3-1-2-4-10/h5-7,10H,1-4,8-9,15H2,(H2,16,17). The number of nitrogen functional groups attached to an aromatic ring is 1. The van der Waals surface area contributed by atoms with Gasteiger partial charge in [-0.2, -0.15) is 0 Å². The van der Waals surface area contributed by atoms with Crippen molar-refractivity contribution in [2.75, 3.05) is 11.5 Å². The van der Waals surface area contributed by atoms with E-state index >= 15 is 0 Å². The van der Waals surface area contributed by atoms with Crippen molar-refractivity contribution in [1.82, 2.24) is 0 Å². The highest BCUT2D eigenvalue weighted by Crippen LogP contribution is 2.26. The second-order valence-electron chi connectivity index (χ2n) is 5.18. The molecule has 5 heteroatoms. The lowest BCUT2D eigenvalue weighted by Crippen LogP contribution is -2.13. The van der Waals surface area contributed by atoms with Gasteiger partial charge in [0.25, 0.3) is 0 Å². The lowest BCUT2D eigenvalue weighted by atomic mass is 10.1. The molecule has 4 nitrogen and oxygen atoms in total. The van der Waals surface area contributed by atoms with Crippen LogP contribution < -0.4 is 11.5 Å². The van der Waals surface area contributed by atoms with Gasteiger partial charge in [0.1, 0.15) is 0 Å². The number of benzene rings is 1. The molecule has 19 heavy (non-hydrogen) atoms.